The van der Waals surface area contributed by atoms with E-state index in [0.717, 1.165) is 12.2 Å². The highest BCUT2D eigenvalue weighted by molar-refractivity contribution is 5.91. The molecular weight excluding hydrogens is 266 g/mol. The molecule has 0 heterocycles. The summed E-state index contributed by atoms with van der Waals surface area (Å²) in [6.45, 7) is 0.557. The summed E-state index contributed by atoms with van der Waals surface area (Å²) in [6, 6.07) is 0. The quantitative estimate of drug-likeness (QED) is 0.258. The minimum absolute atomic E-state index is 0.131. The standard InChI is InChI=1S/C13H19NO6/c1-14(11(16)5-3-9-15)8-4-10-20-13(18)7-6-12(17)19-2/h6-7,9H,3-5,8,10H2,1-2H3/b7-6+. The number of rotatable bonds is 9. The van der Waals surface area contributed by atoms with E-state index in [2.05, 4.69) is 4.74 Å². The number of esters is 2. The van der Waals surface area contributed by atoms with E-state index in [9.17, 15) is 19.2 Å². The van der Waals surface area contributed by atoms with E-state index in [1.165, 1.54) is 12.0 Å². The number of hydrogen-bond donors (Lipinski definition) is 0. The number of methoxy groups -OCH3 is 1. The third-order valence-corrected chi connectivity index (χ3v) is 2.34. The van der Waals surface area contributed by atoms with Crippen LogP contribution in [0.25, 0.3) is 0 Å². The summed E-state index contributed by atoms with van der Waals surface area (Å²) in [5.74, 6) is -1.41. The van der Waals surface area contributed by atoms with Crippen molar-refractivity contribution in [3.05, 3.63) is 12.2 Å². The Labute approximate surface area is 117 Å². The number of carbonyl (C=O) groups is 4. The van der Waals surface area contributed by atoms with Crippen molar-refractivity contribution in [2.75, 3.05) is 27.3 Å². The van der Waals surface area contributed by atoms with Crippen molar-refractivity contribution in [2.24, 2.45) is 0 Å². The minimum Gasteiger partial charge on any atom is -0.466 e. The summed E-state index contributed by atoms with van der Waals surface area (Å²) in [6.07, 6.45) is 3.50. The Kier molecular flexibility index (Phi) is 9.55. The molecule has 0 saturated heterocycles. The van der Waals surface area contributed by atoms with Gasteiger partial charge in [-0.25, -0.2) is 9.59 Å². The van der Waals surface area contributed by atoms with Gasteiger partial charge in [0.05, 0.1) is 13.7 Å². The highest BCUT2D eigenvalue weighted by Crippen LogP contribution is 1.96. The van der Waals surface area contributed by atoms with Crippen LogP contribution in [0.4, 0.5) is 0 Å². The molecule has 0 aromatic rings. The number of carbonyl (C=O) groups excluding carboxylic acids is 4. The second kappa shape index (κ2) is 10.7. The molecule has 0 fully saturated rings. The number of nitrogens with zero attached hydrogens (tertiary/aromatic N) is 1. The maximum absolute atomic E-state index is 11.4. The van der Waals surface area contributed by atoms with E-state index in [1.807, 2.05) is 0 Å². The summed E-state index contributed by atoms with van der Waals surface area (Å²) in [5, 5.41) is 0. The van der Waals surface area contributed by atoms with Crippen LogP contribution in [0.5, 0.6) is 0 Å². The molecule has 7 nitrogen and oxygen atoms in total. The van der Waals surface area contributed by atoms with E-state index >= 15 is 0 Å². The Morgan fingerprint density at radius 1 is 1.15 bits per heavy atom. The zero-order chi connectivity index (χ0) is 15.4. The van der Waals surface area contributed by atoms with Crippen LogP contribution in [0.3, 0.4) is 0 Å². The van der Waals surface area contributed by atoms with E-state index < -0.39 is 11.9 Å². The summed E-state index contributed by atoms with van der Waals surface area (Å²) in [5.41, 5.74) is 0. The van der Waals surface area contributed by atoms with E-state index in [0.29, 0.717) is 19.3 Å². The smallest absolute Gasteiger partial charge is 0.331 e. The lowest BCUT2D eigenvalue weighted by atomic mass is 10.3. The normalized spacial score (nSPS) is 10.1. The van der Waals surface area contributed by atoms with Gasteiger partial charge in [0.2, 0.25) is 5.91 Å². The maximum Gasteiger partial charge on any atom is 0.331 e. The van der Waals surface area contributed by atoms with Crippen molar-refractivity contribution in [1.29, 1.82) is 0 Å². The zero-order valence-corrected chi connectivity index (χ0v) is 11.7. The number of aldehydes is 1. The van der Waals surface area contributed by atoms with Crippen LogP contribution in [0.2, 0.25) is 0 Å². The van der Waals surface area contributed by atoms with Crippen molar-refractivity contribution >= 4 is 24.1 Å². The average molecular weight is 285 g/mol. The lowest BCUT2D eigenvalue weighted by molar-refractivity contribution is -0.139. The van der Waals surface area contributed by atoms with Crippen molar-refractivity contribution < 1.29 is 28.7 Å². The maximum atomic E-state index is 11.4. The molecule has 112 valence electrons. The molecule has 0 N–H and O–H groups in total. The van der Waals surface area contributed by atoms with Crippen LogP contribution in [-0.4, -0.2) is 56.3 Å². The molecule has 7 heteroatoms. The highest BCUT2D eigenvalue weighted by atomic mass is 16.5. The lowest BCUT2D eigenvalue weighted by Crippen LogP contribution is -2.28. The van der Waals surface area contributed by atoms with Crippen LogP contribution in [0, 0.1) is 0 Å². The minimum atomic E-state index is -0.648. The summed E-state index contributed by atoms with van der Waals surface area (Å²) < 4.78 is 9.13. The number of ether oxygens (including phenoxy) is 2. The van der Waals surface area contributed by atoms with Gasteiger partial charge in [-0.15, -0.1) is 0 Å². The van der Waals surface area contributed by atoms with Crippen LogP contribution >= 0.6 is 0 Å². The lowest BCUT2D eigenvalue weighted by Gasteiger charge is -2.16. The molecule has 0 bridgehead atoms. The first-order valence-electron chi connectivity index (χ1n) is 6.11. The molecule has 0 aliphatic rings. The molecule has 0 aliphatic carbocycles. The van der Waals surface area contributed by atoms with Gasteiger partial charge in [-0.05, 0) is 6.42 Å². The monoisotopic (exact) mass is 285 g/mol. The molecule has 0 aromatic carbocycles. The fraction of sp³-hybridized carbons (Fsp3) is 0.538. The molecule has 0 unspecified atom stereocenters. The molecule has 0 atom stereocenters. The van der Waals surface area contributed by atoms with Gasteiger partial charge in [-0.2, -0.15) is 0 Å². The molecule has 0 aromatic heterocycles. The van der Waals surface area contributed by atoms with Gasteiger partial charge in [-0.3, -0.25) is 4.79 Å². The van der Waals surface area contributed by atoms with Crippen LogP contribution in [0.1, 0.15) is 19.3 Å². The number of amides is 1. The second-order valence-electron chi connectivity index (χ2n) is 3.90. The first kappa shape index (κ1) is 17.8. The van der Waals surface area contributed by atoms with E-state index in [-0.39, 0.29) is 25.4 Å². The fourth-order valence-electron chi connectivity index (χ4n) is 1.22. The second-order valence-corrected chi connectivity index (χ2v) is 3.90. The van der Waals surface area contributed by atoms with Crippen molar-refractivity contribution in [2.45, 2.75) is 19.3 Å². The van der Waals surface area contributed by atoms with Gasteiger partial charge in [0, 0.05) is 38.6 Å². The first-order chi connectivity index (χ1) is 9.51. The Bertz CT molecular complexity index is 377. The van der Waals surface area contributed by atoms with Crippen molar-refractivity contribution in [3.8, 4) is 0 Å². The van der Waals surface area contributed by atoms with Crippen molar-refractivity contribution in [1.82, 2.24) is 4.90 Å². The molecular formula is C13H19NO6. The van der Waals surface area contributed by atoms with Gasteiger partial charge in [0.1, 0.15) is 6.29 Å². The molecule has 0 spiro atoms. The molecule has 0 rings (SSSR count). The Morgan fingerprint density at radius 2 is 1.80 bits per heavy atom. The van der Waals surface area contributed by atoms with Gasteiger partial charge in [0.25, 0.3) is 0 Å². The molecule has 0 saturated carbocycles. The highest BCUT2D eigenvalue weighted by Gasteiger charge is 2.07. The van der Waals surface area contributed by atoms with E-state index in [1.54, 1.807) is 7.05 Å². The zero-order valence-electron chi connectivity index (χ0n) is 11.7. The summed E-state index contributed by atoms with van der Waals surface area (Å²) in [4.78, 5) is 44.9. The summed E-state index contributed by atoms with van der Waals surface area (Å²) in [7, 11) is 2.82. The van der Waals surface area contributed by atoms with Crippen LogP contribution in [0.15, 0.2) is 12.2 Å². The molecule has 0 aliphatic heterocycles. The predicted molar refractivity (Wildman–Crippen MR) is 69.7 cm³/mol. The Hall–Kier alpha value is -2.18. The molecule has 1 amide bonds. The first-order valence-corrected chi connectivity index (χ1v) is 6.11. The number of hydrogen-bond acceptors (Lipinski definition) is 6. The van der Waals surface area contributed by atoms with Crippen LogP contribution < -0.4 is 0 Å². The fourth-order valence-corrected chi connectivity index (χ4v) is 1.22. The topological polar surface area (TPSA) is 90.0 Å². The van der Waals surface area contributed by atoms with Gasteiger partial charge >= 0.3 is 11.9 Å². The van der Waals surface area contributed by atoms with Crippen molar-refractivity contribution in [3.63, 3.8) is 0 Å². The summed E-state index contributed by atoms with van der Waals surface area (Å²) >= 11 is 0. The SMILES string of the molecule is COC(=O)/C=C/C(=O)OCCCN(C)C(=O)CCC=O. The van der Waals surface area contributed by atoms with Crippen LogP contribution in [-0.2, 0) is 28.7 Å². The average Bonchev–Trinajstić information content (AvgIpc) is 2.46. The van der Waals surface area contributed by atoms with E-state index in [4.69, 9.17) is 4.74 Å². The largest absolute Gasteiger partial charge is 0.466 e. The Morgan fingerprint density at radius 3 is 2.40 bits per heavy atom. The third kappa shape index (κ3) is 8.84. The van der Waals surface area contributed by atoms with Gasteiger partial charge < -0.3 is 19.2 Å². The third-order valence-electron chi connectivity index (χ3n) is 2.34. The molecule has 0 radical (unpaired) electrons. The predicted octanol–water partition coefficient (Wildman–Crippen LogP) is 0.0864. The molecule has 20 heavy (non-hydrogen) atoms. The van der Waals surface area contributed by atoms with Gasteiger partial charge in [-0.1, -0.05) is 0 Å². The Balaban J connectivity index is 3.77. The van der Waals surface area contributed by atoms with Gasteiger partial charge in [0.15, 0.2) is 0 Å².